The molecule has 0 saturated carbocycles. The molecule has 0 aromatic heterocycles. The number of rotatable bonds is 5. The van der Waals surface area contributed by atoms with Crippen molar-refractivity contribution in [2.45, 2.75) is 20.0 Å². The number of ether oxygens (including phenoxy) is 2. The van der Waals surface area contributed by atoms with Crippen molar-refractivity contribution >= 4 is 0 Å². The molecule has 3 heteroatoms. The van der Waals surface area contributed by atoms with E-state index in [2.05, 4.69) is 6.07 Å². The van der Waals surface area contributed by atoms with Gasteiger partial charge >= 0.3 is 0 Å². The minimum Gasteiger partial charge on any atom is -0.497 e. The second-order valence-corrected chi connectivity index (χ2v) is 4.92. The molecule has 2 rings (SSSR count). The monoisotopic (exact) mass is 272 g/mol. The van der Waals surface area contributed by atoms with Gasteiger partial charge in [0.1, 0.15) is 24.2 Å². The fourth-order valence-electron chi connectivity index (χ4n) is 2.11. The summed E-state index contributed by atoms with van der Waals surface area (Å²) in [5.74, 6) is 1.56. The molecule has 3 nitrogen and oxygen atoms in total. The molecule has 1 N–H and O–H groups in total. The summed E-state index contributed by atoms with van der Waals surface area (Å²) >= 11 is 0. The zero-order chi connectivity index (χ0) is 14.5. The van der Waals surface area contributed by atoms with Crippen LogP contribution in [-0.4, -0.2) is 18.8 Å². The molecule has 106 valence electrons. The molecule has 0 radical (unpaired) electrons. The van der Waals surface area contributed by atoms with Gasteiger partial charge in [-0.3, -0.25) is 0 Å². The van der Waals surface area contributed by atoms with E-state index in [0.29, 0.717) is 0 Å². The smallest absolute Gasteiger partial charge is 0.119 e. The summed E-state index contributed by atoms with van der Waals surface area (Å²) in [5.41, 5.74) is 3.12. The van der Waals surface area contributed by atoms with Crippen LogP contribution in [0, 0.1) is 13.8 Å². The molecule has 0 spiro atoms. The van der Waals surface area contributed by atoms with E-state index in [0.717, 1.165) is 28.2 Å². The molecule has 2 aromatic carbocycles. The van der Waals surface area contributed by atoms with Gasteiger partial charge in [-0.25, -0.2) is 0 Å². The standard InChI is InChI=1S/C17H20O3/c1-12-8-13(2)10-16(9-12)20-11-17(18)14-4-6-15(19-3)7-5-14/h4-10,17-18H,11H2,1-3H3. The van der Waals surface area contributed by atoms with Gasteiger partial charge in [0.05, 0.1) is 7.11 Å². The van der Waals surface area contributed by atoms with Crippen molar-refractivity contribution in [2.75, 3.05) is 13.7 Å². The van der Waals surface area contributed by atoms with Gasteiger partial charge in [-0.2, -0.15) is 0 Å². The molecule has 0 aliphatic rings. The molecular formula is C17H20O3. The highest BCUT2D eigenvalue weighted by Crippen LogP contribution is 2.21. The number of hydrogen-bond acceptors (Lipinski definition) is 3. The molecule has 0 aliphatic heterocycles. The summed E-state index contributed by atoms with van der Waals surface area (Å²) < 4.78 is 10.8. The minimum atomic E-state index is -0.651. The van der Waals surface area contributed by atoms with Crippen LogP contribution in [0.2, 0.25) is 0 Å². The maximum atomic E-state index is 10.1. The van der Waals surface area contributed by atoms with E-state index in [4.69, 9.17) is 9.47 Å². The molecule has 1 unspecified atom stereocenters. The lowest BCUT2D eigenvalue weighted by Crippen LogP contribution is -2.09. The second-order valence-electron chi connectivity index (χ2n) is 4.92. The van der Waals surface area contributed by atoms with Crippen LogP contribution in [0.25, 0.3) is 0 Å². The van der Waals surface area contributed by atoms with E-state index in [1.54, 1.807) is 7.11 Å². The maximum absolute atomic E-state index is 10.1. The maximum Gasteiger partial charge on any atom is 0.119 e. The normalized spacial score (nSPS) is 12.0. The van der Waals surface area contributed by atoms with Crippen molar-refractivity contribution < 1.29 is 14.6 Å². The van der Waals surface area contributed by atoms with Crippen molar-refractivity contribution in [3.05, 3.63) is 59.2 Å². The Kier molecular flexibility index (Phi) is 4.64. The van der Waals surface area contributed by atoms with Gasteiger partial charge in [-0.15, -0.1) is 0 Å². The van der Waals surface area contributed by atoms with Crippen LogP contribution >= 0.6 is 0 Å². The van der Waals surface area contributed by atoms with Crippen LogP contribution in [-0.2, 0) is 0 Å². The molecule has 0 fully saturated rings. The Morgan fingerprint density at radius 2 is 1.55 bits per heavy atom. The molecule has 20 heavy (non-hydrogen) atoms. The van der Waals surface area contributed by atoms with E-state index >= 15 is 0 Å². The van der Waals surface area contributed by atoms with Crippen molar-refractivity contribution in [1.82, 2.24) is 0 Å². The third kappa shape index (κ3) is 3.75. The topological polar surface area (TPSA) is 38.7 Å². The van der Waals surface area contributed by atoms with Crippen LogP contribution in [0.1, 0.15) is 22.8 Å². The predicted molar refractivity (Wildman–Crippen MR) is 79.4 cm³/mol. The highest BCUT2D eigenvalue weighted by molar-refractivity contribution is 5.33. The van der Waals surface area contributed by atoms with E-state index in [1.165, 1.54) is 0 Å². The number of aliphatic hydroxyl groups is 1. The highest BCUT2D eigenvalue weighted by atomic mass is 16.5. The van der Waals surface area contributed by atoms with Crippen LogP contribution in [0.3, 0.4) is 0 Å². The van der Waals surface area contributed by atoms with Crippen molar-refractivity contribution in [1.29, 1.82) is 0 Å². The van der Waals surface area contributed by atoms with Gasteiger partial charge < -0.3 is 14.6 Å². The quantitative estimate of drug-likeness (QED) is 0.906. The largest absolute Gasteiger partial charge is 0.497 e. The zero-order valence-corrected chi connectivity index (χ0v) is 12.1. The van der Waals surface area contributed by atoms with Crippen LogP contribution in [0.15, 0.2) is 42.5 Å². The van der Waals surface area contributed by atoms with Gasteiger partial charge in [-0.05, 0) is 54.8 Å². The fourth-order valence-corrected chi connectivity index (χ4v) is 2.11. The lowest BCUT2D eigenvalue weighted by molar-refractivity contribution is 0.108. The average molecular weight is 272 g/mol. The number of hydrogen-bond donors (Lipinski definition) is 1. The van der Waals surface area contributed by atoms with Crippen LogP contribution in [0.4, 0.5) is 0 Å². The van der Waals surface area contributed by atoms with Crippen molar-refractivity contribution in [2.24, 2.45) is 0 Å². The predicted octanol–water partition coefficient (Wildman–Crippen LogP) is 3.42. The summed E-state index contributed by atoms with van der Waals surface area (Å²) in [6, 6.07) is 13.4. The highest BCUT2D eigenvalue weighted by Gasteiger charge is 2.09. The van der Waals surface area contributed by atoms with Gasteiger partial charge in [0.2, 0.25) is 0 Å². The molecule has 0 aliphatic carbocycles. The molecule has 0 amide bonds. The SMILES string of the molecule is COc1ccc(C(O)COc2cc(C)cc(C)c2)cc1. The summed E-state index contributed by atoms with van der Waals surface area (Å²) in [7, 11) is 1.62. The van der Waals surface area contributed by atoms with E-state index in [1.807, 2.05) is 50.2 Å². The first kappa shape index (κ1) is 14.4. The fraction of sp³-hybridized carbons (Fsp3) is 0.294. The Hall–Kier alpha value is -2.00. The number of methoxy groups -OCH3 is 1. The van der Waals surface area contributed by atoms with Gasteiger partial charge in [0.15, 0.2) is 0 Å². The summed E-state index contributed by atoms with van der Waals surface area (Å²) in [6.07, 6.45) is -0.651. The number of aryl methyl sites for hydroxylation is 2. The summed E-state index contributed by atoms with van der Waals surface area (Å²) in [6.45, 7) is 4.29. The minimum absolute atomic E-state index is 0.231. The lowest BCUT2D eigenvalue weighted by Gasteiger charge is -2.14. The van der Waals surface area contributed by atoms with Gasteiger partial charge in [-0.1, -0.05) is 18.2 Å². The summed E-state index contributed by atoms with van der Waals surface area (Å²) in [4.78, 5) is 0. The number of aliphatic hydroxyl groups excluding tert-OH is 1. The van der Waals surface area contributed by atoms with E-state index < -0.39 is 6.10 Å². The van der Waals surface area contributed by atoms with Gasteiger partial charge in [0, 0.05) is 0 Å². The third-order valence-corrected chi connectivity index (χ3v) is 3.10. The Morgan fingerprint density at radius 1 is 0.950 bits per heavy atom. The average Bonchev–Trinajstić information content (AvgIpc) is 2.44. The first-order chi connectivity index (χ1) is 9.58. The Labute approximate surface area is 119 Å². The first-order valence-corrected chi connectivity index (χ1v) is 6.61. The van der Waals surface area contributed by atoms with Gasteiger partial charge in [0.25, 0.3) is 0 Å². The van der Waals surface area contributed by atoms with Crippen LogP contribution < -0.4 is 9.47 Å². The third-order valence-electron chi connectivity index (χ3n) is 3.10. The van der Waals surface area contributed by atoms with Crippen molar-refractivity contribution in [3.63, 3.8) is 0 Å². The second kappa shape index (κ2) is 6.44. The van der Waals surface area contributed by atoms with E-state index in [-0.39, 0.29) is 6.61 Å². The number of benzene rings is 2. The zero-order valence-electron chi connectivity index (χ0n) is 12.1. The lowest BCUT2D eigenvalue weighted by atomic mass is 10.1. The van der Waals surface area contributed by atoms with Crippen molar-refractivity contribution in [3.8, 4) is 11.5 Å². The van der Waals surface area contributed by atoms with Crippen LogP contribution in [0.5, 0.6) is 11.5 Å². The molecular weight excluding hydrogens is 252 g/mol. The van der Waals surface area contributed by atoms with E-state index in [9.17, 15) is 5.11 Å². The summed E-state index contributed by atoms with van der Waals surface area (Å²) in [5, 5.41) is 10.1. The first-order valence-electron chi connectivity index (χ1n) is 6.61. The Morgan fingerprint density at radius 3 is 2.10 bits per heavy atom. The Balaban J connectivity index is 1.98. The Bertz CT molecular complexity index is 541. The molecule has 0 bridgehead atoms. The molecule has 0 heterocycles. The molecule has 0 saturated heterocycles. The molecule has 1 atom stereocenters. The molecule has 2 aromatic rings.